The Morgan fingerprint density at radius 1 is 1.06 bits per heavy atom. The van der Waals surface area contributed by atoms with Crippen LogP contribution in [0.3, 0.4) is 0 Å². The van der Waals surface area contributed by atoms with Gasteiger partial charge in [-0.3, -0.25) is 29.2 Å². The monoisotopic (exact) mass is 910 g/mol. The number of nitrogens with one attached hydrogen (secondary N) is 3. The van der Waals surface area contributed by atoms with E-state index in [-0.39, 0.29) is 43.4 Å². The van der Waals surface area contributed by atoms with Crippen LogP contribution in [0.4, 0.5) is 4.79 Å². The molecule has 4 atom stereocenters. The van der Waals surface area contributed by atoms with Crippen LogP contribution in [-0.4, -0.2) is 142 Å². The summed E-state index contributed by atoms with van der Waals surface area (Å²) in [5.41, 5.74) is 9.77. The summed E-state index contributed by atoms with van der Waals surface area (Å²) < 4.78 is 8.47. The number of aromatic nitrogens is 3. The first kappa shape index (κ1) is 47.6. The number of hydrogen-bond donors (Lipinski definition) is 3. The van der Waals surface area contributed by atoms with Crippen LogP contribution in [-0.2, 0) is 43.3 Å². The number of benzene rings is 1. The van der Waals surface area contributed by atoms with Gasteiger partial charge in [0.25, 0.3) is 5.91 Å². The molecular formula is C48H66N10O6S. The molecule has 0 saturated carbocycles. The van der Waals surface area contributed by atoms with Gasteiger partial charge in [-0.15, -0.1) is 11.3 Å². The van der Waals surface area contributed by atoms with E-state index < -0.39 is 47.4 Å². The van der Waals surface area contributed by atoms with Gasteiger partial charge in [-0.25, -0.2) is 15.2 Å². The van der Waals surface area contributed by atoms with Gasteiger partial charge >= 0.3 is 12.0 Å². The van der Waals surface area contributed by atoms with E-state index in [1.165, 1.54) is 26.1 Å². The van der Waals surface area contributed by atoms with E-state index >= 15 is 0 Å². The molecule has 17 heteroatoms. The van der Waals surface area contributed by atoms with Gasteiger partial charge in [0.1, 0.15) is 18.1 Å². The molecular weight excluding hydrogens is 845 g/mol. The number of likely N-dealkylation sites (N-methyl/N-ethyl adjacent to an activating group) is 3. The van der Waals surface area contributed by atoms with E-state index in [2.05, 4.69) is 79.5 Å². The third kappa shape index (κ3) is 10.4. The molecule has 7 rings (SSSR count). The lowest BCUT2D eigenvalue weighted by molar-refractivity contribution is -0.155. The van der Waals surface area contributed by atoms with Gasteiger partial charge in [0.15, 0.2) is 0 Å². The summed E-state index contributed by atoms with van der Waals surface area (Å²) in [6.07, 6.45) is 3.57. The van der Waals surface area contributed by atoms with Crippen molar-refractivity contribution in [2.24, 2.45) is 11.3 Å². The fourth-order valence-corrected chi connectivity index (χ4v) is 10.0. The van der Waals surface area contributed by atoms with Crippen molar-refractivity contribution in [3.63, 3.8) is 0 Å². The zero-order chi connectivity index (χ0) is 46.9. The van der Waals surface area contributed by atoms with Crippen molar-refractivity contribution >= 4 is 52.0 Å². The van der Waals surface area contributed by atoms with Crippen molar-refractivity contribution in [3.8, 4) is 22.5 Å². The molecule has 3 N–H and O–H groups in total. The fraction of sp³-hybridized carbons (Fsp3) is 0.562. The van der Waals surface area contributed by atoms with Crippen LogP contribution >= 0.6 is 11.3 Å². The van der Waals surface area contributed by atoms with Crippen LogP contribution in [0.25, 0.3) is 33.4 Å². The zero-order valence-electron chi connectivity index (χ0n) is 39.6. The number of carbonyl (C=O) groups is 5. The van der Waals surface area contributed by atoms with Gasteiger partial charge in [0.05, 0.1) is 34.7 Å². The lowest BCUT2D eigenvalue weighted by atomic mass is 9.84. The van der Waals surface area contributed by atoms with E-state index in [9.17, 15) is 24.0 Å². The SMILES string of the molecule is CCn1c(-c2cccnc2C(C)C)c2c3cc(ccc31)-c1csc(n1)C[C@H](NC(=O)[C@H](C(C)C)N(C)C(=O)N(C)CCN(C)C(=O)[C@@H]1CN1)C(=O)N1CCC[C@H](N1)C(=O)OCC(C)(C)C2. The Bertz CT molecular complexity index is 2420. The van der Waals surface area contributed by atoms with Crippen molar-refractivity contribution < 1.29 is 28.7 Å². The molecule has 0 aliphatic carbocycles. The average Bonchev–Trinajstić information content (AvgIpc) is 3.96. The second-order valence-electron chi connectivity index (χ2n) is 19.3. The molecule has 2 saturated heterocycles. The van der Waals surface area contributed by atoms with Crippen molar-refractivity contribution in [3.05, 3.63) is 58.2 Å². The van der Waals surface area contributed by atoms with Crippen molar-refractivity contribution in [1.82, 2.24) is 50.3 Å². The van der Waals surface area contributed by atoms with E-state index in [0.717, 1.165) is 51.2 Å². The Kier molecular flexibility index (Phi) is 14.3. The van der Waals surface area contributed by atoms with Gasteiger partial charge in [0.2, 0.25) is 11.8 Å². The maximum atomic E-state index is 14.6. The molecule has 6 bridgehead atoms. The van der Waals surface area contributed by atoms with Crippen LogP contribution in [0, 0.1) is 11.3 Å². The molecule has 6 heterocycles. The Labute approximate surface area is 386 Å². The zero-order valence-corrected chi connectivity index (χ0v) is 40.4. The molecule has 5 amide bonds. The topological polar surface area (TPSA) is 184 Å². The van der Waals surface area contributed by atoms with Gasteiger partial charge in [0, 0.05) is 99.3 Å². The minimum absolute atomic E-state index is 0.0244. The van der Waals surface area contributed by atoms with Gasteiger partial charge in [-0.2, -0.15) is 0 Å². The third-order valence-corrected chi connectivity index (χ3v) is 13.6. The number of carbonyl (C=O) groups excluding carboxylic acids is 5. The number of ether oxygens (including phenoxy) is 1. The Morgan fingerprint density at radius 2 is 1.80 bits per heavy atom. The average molecular weight is 911 g/mol. The Balaban J connectivity index is 1.23. The van der Waals surface area contributed by atoms with Crippen LogP contribution in [0.15, 0.2) is 41.9 Å². The summed E-state index contributed by atoms with van der Waals surface area (Å²) in [4.78, 5) is 83.6. The van der Waals surface area contributed by atoms with E-state index in [0.29, 0.717) is 43.9 Å². The highest BCUT2D eigenvalue weighted by atomic mass is 32.1. The molecule has 3 aliphatic rings. The number of fused-ring (bicyclic) bond motifs is 6. The van der Waals surface area contributed by atoms with E-state index in [1.807, 2.05) is 31.5 Å². The molecule has 4 aromatic rings. The largest absolute Gasteiger partial charge is 0.464 e. The minimum atomic E-state index is -1.08. The smallest absolute Gasteiger partial charge is 0.324 e. The van der Waals surface area contributed by atoms with Crippen molar-refractivity contribution in [2.45, 2.75) is 111 Å². The lowest BCUT2D eigenvalue weighted by Gasteiger charge is -2.37. The van der Waals surface area contributed by atoms with Crippen molar-refractivity contribution in [2.75, 3.05) is 53.9 Å². The molecule has 350 valence electrons. The third-order valence-electron chi connectivity index (χ3n) is 12.8. The molecule has 3 aromatic heterocycles. The summed E-state index contributed by atoms with van der Waals surface area (Å²) in [6.45, 7) is 16.9. The standard InChI is InChI=1S/C48H66N10O6S/c1-11-57-38-17-16-30-22-32(38)33(42(57)31-14-12-18-49-40(31)28(2)3)24-48(6,7)27-64-46(62)34-15-13-19-58(53-34)45(61)35(23-39-51-37(30)26-65-39)52-43(59)41(29(4)5)56(10)47(63)55(9)21-20-54(8)44(60)36-25-50-36/h12,14,16-18,22,26,28-29,34-36,41,50,53H,11,13,15,19-21,23-25,27H2,1-10H3,(H,52,59)/t34-,35-,36-,41-/m0/s1. The highest BCUT2D eigenvalue weighted by Gasteiger charge is 2.39. The number of aryl methyl sites for hydroxylation is 1. The second kappa shape index (κ2) is 19.6. The predicted molar refractivity (Wildman–Crippen MR) is 252 cm³/mol. The van der Waals surface area contributed by atoms with Crippen LogP contribution in [0.5, 0.6) is 0 Å². The minimum Gasteiger partial charge on any atom is -0.464 e. The van der Waals surface area contributed by atoms with Gasteiger partial charge < -0.3 is 34.6 Å². The highest BCUT2D eigenvalue weighted by Crippen LogP contribution is 2.42. The van der Waals surface area contributed by atoms with Crippen LogP contribution in [0.2, 0.25) is 0 Å². The number of pyridine rings is 1. The maximum absolute atomic E-state index is 14.6. The number of hydrazine groups is 1. The van der Waals surface area contributed by atoms with E-state index in [1.54, 1.807) is 26.0 Å². The summed E-state index contributed by atoms with van der Waals surface area (Å²) in [6, 6.07) is 7.21. The van der Waals surface area contributed by atoms with E-state index in [4.69, 9.17) is 14.7 Å². The molecule has 0 spiro atoms. The Morgan fingerprint density at radius 3 is 2.49 bits per heavy atom. The number of nitrogens with zero attached hydrogens (tertiary/aromatic N) is 7. The quantitative estimate of drug-likeness (QED) is 0.136. The van der Waals surface area contributed by atoms with Crippen LogP contribution < -0.4 is 16.1 Å². The first-order valence-electron chi connectivity index (χ1n) is 22.9. The number of hydrogen-bond acceptors (Lipinski definition) is 11. The molecule has 0 radical (unpaired) electrons. The maximum Gasteiger partial charge on any atom is 0.324 e. The fourth-order valence-electron chi connectivity index (χ4n) is 9.17. The van der Waals surface area contributed by atoms with Crippen LogP contribution in [0.1, 0.15) is 83.5 Å². The number of cyclic esters (lactones) is 1. The number of rotatable bonds is 11. The molecule has 0 unspecified atom stereocenters. The first-order chi connectivity index (χ1) is 30.9. The highest BCUT2D eigenvalue weighted by molar-refractivity contribution is 7.10. The number of esters is 1. The summed E-state index contributed by atoms with van der Waals surface area (Å²) in [5, 5.41) is 11.2. The molecule has 3 aliphatic heterocycles. The molecule has 1 aromatic carbocycles. The second-order valence-corrected chi connectivity index (χ2v) is 20.2. The summed E-state index contributed by atoms with van der Waals surface area (Å²) >= 11 is 1.41. The number of urea groups is 1. The Hall–Kier alpha value is -5.39. The lowest BCUT2D eigenvalue weighted by Crippen LogP contribution is -2.62. The molecule has 2 fully saturated rings. The number of amides is 5. The van der Waals surface area contributed by atoms with Crippen molar-refractivity contribution in [1.29, 1.82) is 0 Å². The van der Waals surface area contributed by atoms with Gasteiger partial charge in [-0.05, 0) is 67.9 Å². The summed E-state index contributed by atoms with van der Waals surface area (Å²) in [5.74, 6) is -1.52. The number of thiazole rings is 1. The predicted octanol–water partition coefficient (Wildman–Crippen LogP) is 5.06. The molecule has 16 nitrogen and oxygen atoms in total. The first-order valence-corrected chi connectivity index (χ1v) is 23.8. The summed E-state index contributed by atoms with van der Waals surface area (Å²) in [7, 11) is 4.92. The molecule has 65 heavy (non-hydrogen) atoms. The van der Waals surface area contributed by atoms with Gasteiger partial charge in [-0.1, -0.05) is 47.6 Å². The normalized spacial score (nSPS) is 20.3.